The molecule has 0 heterocycles. The summed E-state index contributed by atoms with van der Waals surface area (Å²) in [6, 6.07) is 18.7. The van der Waals surface area contributed by atoms with Gasteiger partial charge in [0.05, 0.1) is 30.8 Å². The zero-order valence-electron chi connectivity index (χ0n) is 20.0. The van der Waals surface area contributed by atoms with Crippen LogP contribution in [-0.4, -0.2) is 35.1 Å². The molecule has 0 saturated heterocycles. The number of ether oxygens (including phenoxy) is 2. The molecule has 0 aliphatic carbocycles. The van der Waals surface area contributed by atoms with Crippen molar-refractivity contribution in [2.45, 2.75) is 31.7 Å². The molecular formula is C26H30N2O5S. The molecule has 0 aliphatic heterocycles. The Hall–Kier alpha value is -3.52. The van der Waals surface area contributed by atoms with Gasteiger partial charge in [0, 0.05) is 5.56 Å². The lowest BCUT2D eigenvalue weighted by molar-refractivity contribution is -0.120. The molecule has 0 saturated carbocycles. The van der Waals surface area contributed by atoms with E-state index in [0.29, 0.717) is 17.2 Å². The van der Waals surface area contributed by atoms with E-state index in [1.54, 1.807) is 31.4 Å². The van der Waals surface area contributed by atoms with Gasteiger partial charge < -0.3 is 14.8 Å². The Morgan fingerprint density at radius 2 is 1.53 bits per heavy atom. The Labute approximate surface area is 201 Å². The van der Waals surface area contributed by atoms with Gasteiger partial charge in [-0.1, -0.05) is 42.0 Å². The van der Waals surface area contributed by atoms with Gasteiger partial charge in [-0.3, -0.25) is 9.10 Å². The second kappa shape index (κ2) is 10.6. The first-order chi connectivity index (χ1) is 16.2. The minimum Gasteiger partial charge on any atom is -0.496 e. The van der Waals surface area contributed by atoms with E-state index in [9.17, 15) is 13.2 Å². The first kappa shape index (κ1) is 25.1. The zero-order valence-corrected chi connectivity index (χ0v) is 20.8. The van der Waals surface area contributed by atoms with E-state index in [2.05, 4.69) is 5.32 Å². The number of rotatable bonds is 9. The minimum absolute atomic E-state index is 0.0900. The van der Waals surface area contributed by atoms with E-state index in [4.69, 9.17) is 9.47 Å². The van der Waals surface area contributed by atoms with Crippen LogP contribution in [0.5, 0.6) is 11.5 Å². The van der Waals surface area contributed by atoms with Crippen LogP contribution < -0.4 is 19.1 Å². The summed E-state index contributed by atoms with van der Waals surface area (Å²) >= 11 is 0. The van der Waals surface area contributed by atoms with Crippen LogP contribution in [-0.2, 0) is 14.8 Å². The molecule has 3 aromatic rings. The van der Waals surface area contributed by atoms with Crippen LogP contribution in [0.2, 0.25) is 0 Å². The van der Waals surface area contributed by atoms with Crippen molar-refractivity contribution in [1.29, 1.82) is 0 Å². The maximum absolute atomic E-state index is 13.7. The predicted molar refractivity (Wildman–Crippen MR) is 133 cm³/mol. The van der Waals surface area contributed by atoms with Crippen LogP contribution in [0, 0.1) is 13.8 Å². The summed E-state index contributed by atoms with van der Waals surface area (Å²) in [5, 5.41) is 2.89. The Balaban J connectivity index is 1.98. The molecule has 8 heteroatoms. The highest BCUT2D eigenvalue weighted by Crippen LogP contribution is 2.33. The topological polar surface area (TPSA) is 84.9 Å². The number of para-hydroxylation sites is 1. The van der Waals surface area contributed by atoms with E-state index < -0.39 is 28.5 Å². The molecule has 0 aliphatic rings. The number of anilines is 1. The third-order valence-electron chi connectivity index (χ3n) is 5.48. The van der Waals surface area contributed by atoms with E-state index in [1.165, 1.54) is 19.2 Å². The van der Waals surface area contributed by atoms with Crippen LogP contribution in [0.25, 0.3) is 0 Å². The summed E-state index contributed by atoms with van der Waals surface area (Å²) in [4.78, 5) is 13.2. The maximum Gasteiger partial charge on any atom is 0.264 e. The zero-order chi connectivity index (χ0) is 24.9. The number of carbonyl (C=O) groups is 1. The molecule has 1 atom stereocenters. The van der Waals surface area contributed by atoms with Crippen molar-refractivity contribution in [3.05, 3.63) is 83.4 Å². The number of amides is 1. The van der Waals surface area contributed by atoms with Crippen molar-refractivity contribution in [3.8, 4) is 11.5 Å². The van der Waals surface area contributed by atoms with Gasteiger partial charge in [-0.25, -0.2) is 8.42 Å². The fourth-order valence-corrected chi connectivity index (χ4v) is 5.07. The molecule has 7 nitrogen and oxygen atoms in total. The molecule has 1 amide bonds. The first-order valence-electron chi connectivity index (χ1n) is 10.8. The number of carbonyl (C=O) groups excluding carboxylic acids is 1. The highest BCUT2D eigenvalue weighted by Gasteiger charge is 2.30. The van der Waals surface area contributed by atoms with Gasteiger partial charge in [0.15, 0.2) is 0 Å². The number of hydrogen-bond acceptors (Lipinski definition) is 5. The summed E-state index contributed by atoms with van der Waals surface area (Å²) < 4.78 is 39.3. The molecule has 3 rings (SSSR count). The van der Waals surface area contributed by atoms with E-state index in [0.717, 1.165) is 21.0 Å². The second-order valence-corrected chi connectivity index (χ2v) is 9.89. The van der Waals surface area contributed by atoms with Crippen LogP contribution in [0.15, 0.2) is 71.6 Å². The van der Waals surface area contributed by atoms with Crippen molar-refractivity contribution in [1.82, 2.24) is 5.32 Å². The molecule has 34 heavy (non-hydrogen) atoms. The number of aryl methyl sites for hydroxylation is 2. The molecule has 0 radical (unpaired) electrons. The van der Waals surface area contributed by atoms with Crippen LogP contribution >= 0.6 is 0 Å². The molecular weight excluding hydrogens is 452 g/mol. The number of nitrogens with zero attached hydrogens (tertiary/aromatic N) is 1. The molecule has 0 fully saturated rings. The lowest BCUT2D eigenvalue weighted by Crippen LogP contribution is -2.41. The lowest BCUT2D eigenvalue weighted by Gasteiger charge is -2.27. The first-order valence-corrected chi connectivity index (χ1v) is 12.3. The lowest BCUT2D eigenvalue weighted by atomic mass is 10.1. The largest absolute Gasteiger partial charge is 0.496 e. The minimum atomic E-state index is -4.06. The fourth-order valence-electron chi connectivity index (χ4n) is 3.65. The quantitative estimate of drug-likeness (QED) is 0.489. The molecule has 0 bridgehead atoms. The predicted octanol–water partition coefficient (Wildman–Crippen LogP) is 4.39. The number of nitrogens with one attached hydrogen (secondary N) is 1. The van der Waals surface area contributed by atoms with Crippen molar-refractivity contribution >= 4 is 21.6 Å². The summed E-state index contributed by atoms with van der Waals surface area (Å²) in [6.45, 7) is 5.13. The Bertz CT molecular complexity index is 1260. The number of sulfonamides is 1. The molecule has 0 spiro atoms. The highest BCUT2D eigenvalue weighted by atomic mass is 32.2. The van der Waals surface area contributed by atoms with Crippen molar-refractivity contribution in [2.24, 2.45) is 0 Å². The van der Waals surface area contributed by atoms with Gasteiger partial charge in [0.2, 0.25) is 5.91 Å². The average Bonchev–Trinajstić information content (AvgIpc) is 2.82. The van der Waals surface area contributed by atoms with Crippen LogP contribution in [0.4, 0.5) is 5.69 Å². The fraction of sp³-hybridized carbons (Fsp3) is 0.269. The van der Waals surface area contributed by atoms with E-state index >= 15 is 0 Å². The molecule has 180 valence electrons. The Morgan fingerprint density at radius 1 is 0.912 bits per heavy atom. The summed E-state index contributed by atoms with van der Waals surface area (Å²) in [5.41, 5.74) is 2.85. The van der Waals surface area contributed by atoms with Crippen molar-refractivity contribution in [3.63, 3.8) is 0 Å². The number of benzene rings is 3. The molecule has 1 N–H and O–H groups in total. The SMILES string of the molecule is COc1ccccc1C(C)NC(=O)CN(c1cc(C)ccc1OC)S(=O)(=O)c1ccc(C)cc1. The maximum atomic E-state index is 13.7. The number of hydrogen-bond donors (Lipinski definition) is 1. The monoisotopic (exact) mass is 482 g/mol. The number of methoxy groups -OCH3 is 2. The average molecular weight is 483 g/mol. The van der Waals surface area contributed by atoms with Gasteiger partial charge in [-0.05, 0) is 56.7 Å². The van der Waals surface area contributed by atoms with Gasteiger partial charge in [-0.2, -0.15) is 0 Å². The van der Waals surface area contributed by atoms with Gasteiger partial charge in [0.25, 0.3) is 10.0 Å². The normalized spacial score (nSPS) is 12.0. The molecule has 0 aromatic heterocycles. The molecule has 1 unspecified atom stereocenters. The Kier molecular flexibility index (Phi) is 7.83. The van der Waals surface area contributed by atoms with Gasteiger partial charge in [-0.15, -0.1) is 0 Å². The molecule has 3 aromatic carbocycles. The van der Waals surface area contributed by atoms with Crippen molar-refractivity contribution in [2.75, 3.05) is 25.1 Å². The second-order valence-electron chi connectivity index (χ2n) is 8.03. The third kappa shape index (κ3) is 5.51. The standard InChI is InChI=1S/C26H30N2O5S/c1-18-10-13-21(14-11-18)34(30,31)28(23-16-19(2)12-15-25(23)33-5)17-26(29)27-20(3)22-8-6-7-9-24(22)32-4/h6-16,20H,17H2,1-5H3,(H,27,29). The summed E-state index contributed by atoms with van der Waals surface area (Å²) in [7, 11) is -1.03. The van der Waals surface area contributed by atoms with E-state index in [1.807, 2.05) is 51.1 Å². The van der Waals surface area contributed by atoms with Gasteiger partial charge >= 0.3 is 0 Å². The van der Waals surface area contributed by atoms with Gasteiger partial charge in [0.1, 0.15) is 18.0 Å². The Morgan fingerprint density at radius 3 is 2.18 bits per heavy atom. The smallest absolute Gasteiger partial charge is 0.264 e. The van der Waals surface area contributed by atoms with Crippen LogP contribution in [0.3, 0.4) is 0 Å². The van der Waals surface area contributed by atoms with Crippen LogP contribution in [0.1, 0.15) is 29.7 Å². The third-order valence-corrected chi connectivity index (χ3v) is 7.26. The summed E-state index contributed by atoms with van der Waals surface area (Å²) in [6.07, 6.45) is 0. The summed E-state index contributed by atoms with van der Waals surface area (Å²) in [5.74, 6) is 0.532. The van der Waals surface area contributed by atoms with E-state index in [-0.39, 0.29) is 4.90 Å². The highest BCUT2D eigenvalue weighted by molar-refractivity contribution is 7.92. The van der Waals surface area contributed by atoms with Crippen molar-refractivity contribution < 1.29 is 22.7 Å².